The molecule has 0 spiro atoms. The van der Waals surface area contributed by atoms with Gasteiger partial charge in [-0.05, 0) is 33.7 Å². The number of hydrogen-bond acceptors (Lipinski definition) is 5. The molecule has 0 aliphatic heterocycles. The predicted molar refractivity (Wildman–Crippen MR) is 88.1 cm³/mol. The summed E-state index contributed by atoms with van der Waals surface area (Å²) in [5.74, 6) is -0.223. The van der Waals surface area contributed by atoms with Crippen LogP contribution in [0.4, 0.5) is 0 Å². The van der Waals surface area contributed by atoms with Crippen molar-refractivity contribution in [2.45, 2.75) is 64.6 Å². The lowest BCUT2D eigenvalue weighted by Crippen LogP contribution is -2.38. The molecule has 0 atom stereocenters. The SMILES string of the molecule is COC(=O)CCn1nc(C)c(CN(C)CC2(O)CCCC2)c1C. The lowest BCUT2D eigenvalue weighted by molar-refractivity contribution is -0.140. The summed E-state index contributed by atoms with van der Waals surface area (Å²) in [7, 11) is 3.44. The minimum atomic E-state index is -0.530. The second-order valence-electron chi connectivity index (χ2n) is 6.80. The summed E-state index contributed by atoms with van der Waals surface area (Å²) in [5.41, 5.74) is 2.71. The minimum Gasteiger partial charge on any atom is -0.469 e. The molecule has 1 aliphatic rings. The van der Waals surface area contributed by atoms with Gasteiger partial charge in [0, 0.05) is 24.3 Å². The number of esters is 1. The lowest BCUT2D eigenvalue weighted by atomic mass is 10.0. The highest BCUT2D eigenvalue weighted by Gasteiger charge is 2.32. The van der Waals surface area contributed by atoms with E-state index in [1.807, 2.05) is 25.6 Å². The molecular formula is C17H29N3O3. The number of carbonyl (C=O) groups is 1. The van der Waals surface area contributed by atoms with Crippen molar-refractivity contribution in [3.8, 4) is 0 Å². The highest BCUT2D eigenvalue weighted by molar-refractivity contribution is 5.68. The van der Waals surface area contributed by atoms with Gasteiger partial charge in [-0.15, -0.1) is 0 Å². The molecule has 2 rings (SSSR count). The topological polar surface area (TPSA) is 67.6 Å². The fourth-order valence-corrected chi connectivity index (χ4v) is 3.50. The van der Waals surface area contributed by atoms with Crippen LogP contribution in [0.3, 0.4) is 0 Å². The number of aromatic nitrogens is 2. The fourth-order valence-electron chi connectivity index (χ4n) is 3.50. The summed E-state index contributed by atoms with van der Waals surface area (Å²) in [6.07, 6.45) is 4.36. The molecule has 0 aromatic carbocycles. The lowest BCUT2D eigenvalue weighted by Gasteiger charge is -2.28. The zero-order valence-corrected chi connectivity index (χ0v) is 14.8. The van der Waals surface area contributed by atoms with E-state index < -0.39 is 5.60 Å². The quantitative estimate of drug-likeness (QED) is 0.775. The molecule has 1 aromatic heterocycles. The van der Waals surface area contributed by atoms with Crippen LogP contribution in [0.25, 0.3) is 0 Å². The predicted octanol–water partition coefficient (Wildman–Crippen LogP) is 1.80. The Kier molecular flexibility index (Phi) is 5.81. The van der Waals surface area contributed by atoms with Gasteiger partial charge in [-0.1, -0.05) is 12.8 Å². The normalized spacial score (nSPS) is 17.0. The van der Waals surface area contributed by atoms with Crippen LogP contribution in [0.1, 0.15) is 49.1 Å². The van der Waals surface area contributed by atoms with Crippen LogP contribution in [-0.4, -0.2) is 52.1 Å². The third-order valence-electron chi connectivity index (χ3n) is 4.81. The van der Waals surface area contributed by atoms with E-state index in [-0.39, 0.29) is 5.97 Å². The average Bonchev–Trinajstić information content (AvgIpc) is 3.03. The largest absolute Gasteiger partial charge is 0.469 e. The summed E-state index contributed by atoms with van der Waals surface area (Å²) in [5, 5.41) is 15.1. The van der Waals surface area contributed by atoms with E-state index in [9.17, 15) is 9.90 Å². The summed E-state index contributed by atoms with van der Waals surface area (Å²) in [6.45, 7) is 6.02. The maximum atomic E-state index is 11.3. The van der Waals surface area contributed by atoms with Crippen molar-refractivity contribution in [3.63, 3.8) is 0 Å². The van der Waals surface area contributed by atoms with Gasteiger partial charge in [0.05, 0.1) is 31.4 Å². The van der Waals surface area contributed by atoms with E-state index in [0.29, 0.717) is 19.5 Å². The van der Waals surface area contributed by atoms with Gasteiger partial charge in [-0.3, -0.25) is 14.4 Å². The van der Waals surface area contributed by atoms with E-state index in [1.165, 1.54) is 12.7 Å². The Balaban J connectivity index is 1.99. The molecule has 0 unspecified atom stereocenters. The molecule has 23 heavy (non-hydrogen) atoms. The number of carbonyl (C=O) groups excluding carboxylic acids is 1. The molecule has 0 saturated heterocycles. The Labute approximate surface area is 138 Å². The average molecular weight is 323 g/mol. The molecule has 1 saturated carbocycles. The highest BCUT2D eigenvalue weighted by Crippen LogP contribution is 2.30. The van der Waals surface area contributed by atoms with Gasteiger partial charge in [0.15, 0.2) is 0 Å². The first kappa shape index (κ1) is 17.9. The Morgan fingerprint density at radius 2 is 2.04 bits per heavy atom. The van der Waals surface area contributed by atoms with Crippen LogP contribution in [0, 0.1) is 13.8 Å². The molecule has 0 bridgehead atoms. The van der Waals surface area contributed by atoms with Crippen molar-refractivity contribution >= 4 is 5.97 Å². The first-order valence-electron chi connectivity index (χ1n) is 8.35. The molecule has 1 aromatic rings. The number of aryl methyl sites for hydroxylation is 2. The molecule has 1 N–H and O–H groups in total. The monoisotopic (exact) mass is 323 g/mol. The van der Waals surface area contributed by atoms with Crippen LogP contribution in [0.2, 0.25) is 0 Å². The first-order chi connectivity index (χ1) is 10.8. The summed E-state index contributed by atoms with van der Waals surface area (Å²) >= 11 is 0. The summed E-state index contributed by atoms with van der Waals surface area (Å²) in [6, 6.07) is 0. The first-order valence-corrected chi connectivity index (χ1v) is 8.35. The van der Waals surface area contributed by atoms with Crippen LogP contribution in [-0.2, 0) is 22.6 Å². The van der Waals surface area contributed by atoms with Crippen LogP contribution in [0.15, 0.2) is 0 Å². The molecule has 130 valence electrons. The van der Waals surface area contributed by atoms with E-state index >= 15 is 0 Å². The maximum absolute atomic E-state index is 11.3. The molecule has 0 amide bonds. The fraction of sp³-hybridized carbons (Fsp3) is 0.765. The van der Waals surface area contributed by atoms with Gasteiger partial charge < -0.3 is 9.84 Å². The van der Waals surface area contributed by atoms with Crippen LogP contribution in [0.5, 0.6) is 0 Å². The second kappa shape index (κ2) is 7.45. The van der Waals surface area contributed by atoms with Gasteiger partial charge in [0.2, 0.25) is 0 Å². The number of hydrogen-bond donors (Lipinski definition) is 1. The molecule has 1 fully saturated rings. The van der Waals surface area contributed by atoms with E-state index in [2.05, 4.69) is 14.7 Å². The molecule has 1 aliphatic carbocycles. The summed E-state index contributed by atoms with van der Waals surface area (Å²) in [4.78, 5) is 13.5. The smallest absolute Gasteiger partial charge is 0.307 e. The van der Waals surface area contributed by atoms with E-state index in [4.69, 9.17) is 0 Å². The Hall–Kier alpha value is -1.40. The van der Waals surface area contributed by atoms with Crippen molar-refractivity contribution < 1.29 is 14.6 Å². The van der Waals surface area contributed by atoms with Crippen molar-refractivity contribution in [1.29, 1.82) is 0 Å². The number of nitrogens with zero attached hydrogens (tertiary/aromatic N) is 3. The van der Waals surface area contributed by atoms with Crippen LogP contribution >= 0.6 is 0 Å². The number of rotatable bonds is 7. The molecular weight excluding hydrogens is 294 g/mol. The van der Waals surface area contributed by atoms with E-state index in [0.717, 1.165) is 43.6 Å². The van der Waals surface area contributed by atoms with Gasteiger partial charge in [0.25, 0.3) is 0 Å². The van der Waals surface area contributed by atoms with Crippen molar-refractivity contribution in [3.05, 3.63) is 17.0 Å². The van der Waals surface area contributed by atoms with E-state index in [1.54, 1.807) is 0 Å². The Morgan fingerprint density at radius 3 is 2.65 bits per heavy atom. The molecule has 6 nitrogen and oxygen atoms in total. The Morgan fingerprint density at radius 1 is 1.39 bits per heavy atom. The number of aliphatic hydroxyl groups is 1. The molecule has 0 radical (unpaired) electrons. The molecule has 1 heterocycles. The number of methoxy groups -OCH3 is 1. The van der Waals surface area contributed by atoms with Crippen LogP contribution < -0.4 is 0 Å². The minimum absolute atomic E-state index is 0.223. The second-order valence-corrected chi connectivity index (χ2v) is 6.80. The molecule has 6 heteroatoms. The summed E-state index contributed by atoms with van der Waals surface area (Å²) < 4.78 is 6.56. The highest BCUT2D eigenvalue weighted by atomic mass is 16.5. The zero-order valence-electron chi connectivity index (χ0n) is 14.8. The number of ether oxygens (including phenoxy) is 1. The van der Waals surface area contributed by atoms with Crippen molar-refractivity contribution in [2.75, 3.05) is 20.7 Å². The van der Waals surface area contributed by atoms with Crippen molar-refractivity contribution in [1.82, 2.24) is 14.7 Å². The Bertz CT molecular complexity index is 548. The van der Waals surface area contributed by atoms with Gasteiger partial charge in [-0.2, -0.15) is 5.10 Å². The maximum Gasteiger partial charge on any atom is 0.307 e. The van der Waals surface area contributed by atoms with Crippen molar-refractivity contribution in [2.24, 2.45) is 0 Å². The van der Waals surface area contributed by atoms with Gasteiger partial charge in [-0.25, -0.2) is 0 Å². The van der Waals surface area contributed by atoms with Gasteiger partial charge in [0.1, 0.15) is 0 Å². The third kappa shape index (κ3) is 4.54. The van der Waals surface area contributed by atoms with Gasteiger partial charge >= 0.3 is 5.97 Å². The number of likely N-dealkylation sites (N-methyl/N-ethyl adjacent to an activating group) is 1. The standard InChI is InChI=1S/C17H29N3O3/c1-13-15(11-19(3)12-17(22)8-5-6-9-17)14(2)20(18-13)10-7-16(21)23-4/h22H,5-12H2,1-4H3. The third-order valence-corrected chi connectivity index (χ3v) is 4.81. The zero-order chi connectivity index (χ0) is 17.0.